The van der Waals surface area contributed by atoms with Crippen LogP contribution in [0.15, 0.2) is 0 Å². The fourth-order valence-electron chi connectivity index (χ4n) is 1.07. The molecular formula is C7H9O3. The highest BCUT2D eigenvalue weighted by atomic mass is 16.5. The van der Waals surface area contributed by atoms with Crippen molar-refractivity contribution < 1.29 is 14.3 Å². The molecule has 0 amide bonds. The van der Waals surface area contributed by atoms with Crippen molar-refractivity contribution >= 4 is 12.3 Å². The van der Waals surface area contributed by atoms with Crippen LogP contribution in [0.1, 0.15) is 19.3 Å². The molecule has 1 rings (SSSR count). The summed E-state index contributed by atoms with van der Waals surface area (Å²) in [5.74, 6) is -0.436. The van der Waals surface area contributed by atoms with Crippen molar-refractivity contribution in [2.45, 2.75) is 19.3 Å². The lowest BCUT2D eigenvalue weighted by Gasteiger charge is -2.32. The van der Waals surface area contributed by atoms with Crippen molar-refractivity contribution in [1.82, 2.24) is 0 Å². The highest BCUT2D eigenvalue weighted by Crippen LogP contribution is 2.39. The number of carbonyl (C=O) groups excluding carboxylic acids is 2. The number of esters is 1. The summed E-state index contributed by atoms with van der Waals surface area (Å²) in [7, 11) is 1.29. The third-order valence-corrected chi connectivity index (χ3v) is 1.98. The maximum Gasteiger partial charge on any atom is 0.319 e. The summed E-state index contributed by atoms with van der Waals surface area (Å²) in [4.78, 5) is 21.1. The van der Waals surface area contributed by atoms with Crippen LogP contribution in [-0.4, -0.2) is 19.4 Å². The summed E-state index contributed by atoms with van der Waals surface area (Å²) in [6, 6.07) is 0. The van der Waals surface area contributed by atoms with Crippen LogP contribution >= 0.6 is 0 Å². The van der Waals surface area contributed by atoms with Crippen LogP contribution < -0.4 is 0 Å². The third-order valence-electron chi connectivity index (χ3n) is 1.98. The number of rotatable bonds is 2. The maximum atomic E-state index is 10.9. The first-order valence-corrected chi connectivity index (χ1v) is 3.23. The molecule has 10 heavy (non-hydrogen) atoms. The summed E-state index contributed by atoms with van der Waals surface area (Å²) in [5.41, 5.74) is -0.894. The van der Waals surface area contributed by atoms with E-state index in [1.54, 1.807) is 6.29 Å². The van der Waals surface area contributed by atoms with Gasteiger partial charge in [-0.1, -0.05) is 6.42 Å². The molecule has 1 aliphatic rings. The van der Waals surface area contributed by atoms with Gasteiger partial charge in [-0.05, 0) is 12.8 Å². The highest BCUT2D eigenvalue weighted by Gasteiger charge is 2.46. The molecule has 0 N–H and O–H groups in total. The van der Waals surface area contributed by atoms with Crippen LogP contribution in [0.2, 0.25) is 0 Å². The van der Waals surface area contributed by atoms with Crippen LogP contribution in [0.3, 0.4) is 0 Å². The molecule has 1 fully saturated rings. The highest BCUT2D eigenvalue weighted by molar-refractivity contribution is 5.94. The van der Waals surface area contributed by atoms with Crippen molar-refractivity contribution in [3.63, 3.8) is 0 Å². The smallest absolute Gasteiger partial charge is 0.319 e. The monoisotopic (exact) mass is 141 g/mol. The SMILES string of the molecule is COC(=O)C1([C]=O)CCC1. The molecule has 0 aromatic heterocycles. The number of hydrogen-bond donors (Lipinski definition) is 0. The van der Waals surface area contributed by atoms with Crippen LogP contribution in [0.5, 0.6) is 0 Å². The normalized spacial score (nSPS) is 20.9. The third kappa shape index (κ3) is 0.818. The van der Waals surface area contributed by atoms with E-state index < -0.39 is 11.4 Å². The molecule has 0 bridgehead atoms. The Labute approximate surface area is 59.4 Å². The zero-order valence-electron chi connectivity index (χ0n) is 5.85. The molecule has 3 heteroatoms. The van der Waals surface area contributed by atoms with Gasteiger partial charge in [0.05, 0.1) is 7.11 Å². The van der Waals surface area contributed by atoms with E-state index in [-0.39, 0.29) is 0 Å². The number of carbonyl (C=O) groups is 1. The van der Waals surface area contributed by atoms with Gasteiger partial charge in [-0.3, -0.25) is 9.59 Å². The predicted molar refractivity (Wildman–Crippen MR) is 34.0 cm³/mol. The summed E-state index contributed by atoms with van der Waals surface area (Å²) in [6.45, 7) is 0. The summed E-state index contributed by atoms with van der Waals surface area (Å²) in [5, 5.41) is 0. The standard InChI is InChI=1S/C7H9O3/c1-10-6(9)7(5-8)3-2-4-7/h2-4H2,1H3. The van der Waals surface area contributed by atoms with Gasteiger partial charge in [-0.15, -0.1) is 0 Å². The van der Waals surface area contributed by atoms with Gasteiger partial charge in [0.25, 0.3) is 0 Å². The average molecular weight is 141 g/mol. The van der Waals surface area contributed by atoms with Crippen molar-refractivity contribution in [3.05, 3.63) is 0 Å². The van der Waals surface area contributed by atoms with Gasteiger partial charge in [0, 0.05) is 0 Å². The average Bonchev–Trinajstić information content (AvgIpc) is 1.86. The lowest BCUT2D eigenvalue weighted by Crippen LogP contribution is -2.40. The van der Waals surface area contributed by atoms with Gasteiger partial charge < -0.3 is 4.74 Å². The minimum atomic E-state index is -0.894. The van der Waals surface area contributed by atoms with Crippen molar-refractivity contribution in [1.29, 1.82) is 0 Å². The van der Waals surface area contributed by atoms with Gasteiger partial charge in [0.1, 0.15) is 5.41 Å². The van der Waals surface area contributed by atoms with Gasteiger partial charge in [0.15, 0.2) is 0 Å². The molecule has 0 aliphatic heterocycles. The lowest BCUT2D eigenvalue weighted by molar-refractivity contribution is -0.152. The van der Waals surface area contributed by atoms with Crippen molar-refractivity contribution in [2.24, 2.45) is 5.41 Å². The Bertz CT molecular complexity index is 158. The Morgan fingerprint density at radius 2 is 2.20 bits per heavy atom. The number of ether oxygens (including phenoxy) is 1. The lowest BCUT2D eigenvalue weighted by atomic mass is 9.70. The molecule has 1 saturated carbocycles. The molecule has 0 saturated heterocycles. The minimum Gasteiger partial charge on any atom is -0.468 e. The molecule has 0 heterocycles. The van der Waals surface area contributed by atoms with Gasteiger partial charge in [-0.2, -0.15) is 0 Å². The molecule has 3 nitrogen and oxygen atoms in total. The van der Waals surface area contributed by atoms with Gasteiger partial charge >= 0.3 is 5.97 Å². The van der Waals surface area contributed by atoms with Crippen LogP contribution in [0.25, 0.3) is 0 Å². The second-order valence-electron chi connectivity index (χ2n) is 2.53. The Morgan fingerprint density at radius 1 is 1.60 bits per heavy atom. The first-order chi connectivity index (χ1) is 4.75. The second kappa shape index (κ2) is 2.40. The first kappa shape index (κ1) is 7.25. The Hall–Kier alpha value is -0.860. The zero-order chi connectivity index (χ0) is 7.61. The first-order valence-electron chi connectivity index (χ1n) is 3.23. The largest absolute Gasteiger partial charge is 0.468 e. The molecule has 0 spiro atoms. The quantitative estimate of drug-likeness (QED) is 0.414. The number of methoxy groups -OCH3 is 1. The molecule has 0 unspecified atom stereocenters. The van der Waals surface area contributed by atoms with E-state index in [2.05, 4.69) is 4.74 Å². The van der Waals surface area contributed by atoms with Crippen LogP contribution in [0, 0.1) is 5.41 Å². The molecule has 0 atom stereocenters. The van der Waals surface area contributed by atoms with Crippen LogP contribution in [0.4, 0.5) is 0 Å². The molecule has 1 radical (unpaired) electrons. The molecule has 0 aromatic rings. The van der Waals surface area contributed by atoms with Gasteiger partial charge in [-0.25, -0.2) is 0 Å². The summed E-state index contributed by atoms with van der Waals surface area (Å²) < 4.78 is 4.45. The summed E-state index contributed by atoms with van der Waals surface area (Å²) in [6.07, 6.45) is 3.86. The Kier molecular flexibility index (Phi) is 1.74. The topological polar surface area (TPSA) is 43.4 Å². The number of hydrogen-bond acceptors (Lipinski definition) is 3. The second-order valence-corrected chi connectivity index (χ2v) is 2.53. The minimum absolute atomic E-state index is 0.436. The molecule has 55 valence electrons. The van der Waals surface area contributed by atoms with E-state index in [0.717, 1.165) is 6.42 Å². The van der Waals surface area contributed by atoms with E-state index in [9.17, 15) is 9.59 Å². The zero-order valence-corrected chi connectivity index (χ0v) is 5.85. The fraction of sp³-hybridized carbons (Fsp3) is 0.714. The van der Waals surface area contributed by atoms with Gasteiger partial charge in [0.2, 0.25) is 6.29 Å². The van der Waals surface area contributed by atoms with Crippen LogP contribution in [-0.2, 0) is 14.3 Å². The van der Waals surface area contributed by atoms with E-state index in [1.807, 2.05) is 0 Å². The van der Waals surface area contributed by atoms with E-state index in [4.69, 9.17) is 0 Å². The van der Waals surface area contributed by atoms with Crippen molar-refractivity contribution in [2.75, 3.05) is 7.11 Å². The molecular weight excluding hydrogens is 132 g/mol. The van der Waals surface area contributed by atoms with Crippen molar-refractivity contribution in [3.8, 4) is 0 Å². The Balaban J connectivity index is 2.64. The fourth-order valence-corrected chi connectivity index (χ4v) is 1.07. The Morgan fingerprint density at radius 3 is 2.30 bits per heavy atom. The van der Waals surface area contributed by atoms with E-state index in [1.165, 1.54) is 7.11 Å². The summed E-state index contributed by atoms with van der Waals surface area (Å²) >= 11 is 0. The molecule has 0 aromatic carbocycles. The molecule has 1 aliphatic carbocycles. The maximum absolute atomic E-state index is 10.9. The van der Waals surface area contributed by atoms with E-state index in [0.29, 0.717) is 12.8 Å². The predicted octanol–water partition coefficient (Wildman–Crippen LogP) is 0.439. The van der Waals surface area contributed by atoms with E-state index >= 15 is 0 Å².